The molecule has 1 aromatic carbocycles. The summed E-state index contributed by atoms with van der Waals surface area (Å²) in [6.45, 7) is 4.36. The highest BCUT2D eigenvalue weighted by Gasteiger charge is 2.03. The molecule has 0 amide bonds. The molecule has 0 unspecified atom stereocenters. The van der Waals surface area contributed by atoms with Crippen LogP contribution in [0.1, 0.15) is 25.3 Å². The van der Waals surface area contributed by atoms with Crippen molar-refractivity contribution in [1.82, 2.24) is 0 Å². The minimum atomic E-state index is 0.974. The van der Waals surface area contributed by atoms with E-state index in [0.717, 1.165) is 17.9 Å². The fourth-order valence-electron chi connectivity index (χ4n) is 1.31. The number of hydrogen-bond acceptors (Lipinski definition) is 3. The van der Waals surface area contributed by atoms with Gasteiger partial charge in [-0.25, -0.2) is 0 Å². The Balaban J connectivity index is 2.61. The standard InChI is InChI=1S/C14H20S3/c1-3-7-14(16-11-6-10-15)17-13-9-5-4-8-12(13)2/h4-5,7-9,15H,3,6,10-11H2,1-2H3/b14-7+. The number of rotatable bonds is 7. The fraction of sp³-hybridized carbons (Fsp3) is 0.429. The van der Waals surface area contributed by atoms with Crippen LogP contribution >= 0.6 is 36.2 Å². The monoisotopic (exact) mass is 284 g/mol. The Morgan fingerprint density at radius 3 is 2.76 bits per heavy atom. The lowest BCUT2D eigenvalue weighted by Gasteiger charge is -2.08. The van der Waals surface area contributed by atoms with Crippen LogP contribution in [0, 0.1) is 6.92 Å². The molecule has 0 nitrogen and oxygen atoms in total. The molecule has 0 aliphatic rings. The Morgan fingerprint density at radius 2 is 2.12 bits per heavy atom. The lowest BCUT2D eigenvalue weighted by molar-refractivity contribution is 1.13. The fourth-order valence-corrected chi connectivity index (χ4v) is 4.06. The number of aryl methyl sites for hydroxylation is 1. The van der Waals surface area contributed by atoms with Crippen LogP contribution in [0.15, 0.2) is 39.5 Å². The zero-order valence-corrected chi connectivity index (χ0v) is 13.0. The van der Waals surface area contributed by atoms with Crippen LogP contribution in [0.25, 0.3) is 0 Å². The minimum absolute atomic E-state index is 0.974. The molecule has 17 heavy (non-hydrogen) atoms. The van der Waals surface area contributed by atoms with E-state index in [4.69, 9.17) is 0 Å². The largest absolute Gasteiger partial charge is 0.179 e. The number of thioether (sulfide) groups is 2. The molecule has 0 heterocycles. The zero-order valence-electron chi connectivity index (χ0n) is 10.5. The van der Waals surface area contributed by atoms with Crippen molar-refractivity contribution in [3.63, 3.8) is 0 Å². The first kappa shape index (κ1) is 15.1. The average molecular weight is 285 g/mol. The van der Waals surface area contributed by atoms with Crippen molar-refractivity contribution in [2.24, 2.45) is 0 Å². The van der Waals surface area contributed by atoms with E-state index in [1.165, 1.54) is 21.1 Å². The second kappa shape index (κ2) is 9.01. The average Bonchev–Trinajstić information content (AvgIpc) is 2.32. The van der Waals surface area contributed by atoms with Gasteiger partial charge < -0.3 is 0 Å². The summed E-state index contributed by atoms with van der Waals surface area (Å²) in [6, 6.07) is 8.57. The van der Waals surface area contributed by atoms with Crippen LogP contribution in [-0.4, -0.2) is 11.5 Å². The predicted molar refractivity (Wildman–Crippen MR) is 86.3 cm³/mol. The first-order valence-corrected chi connectivity index (χ1v) is 8.38. The van der Waals surface area contributed by atoms with E-state index in [1.807, 2.05) is 23.5 Å². The smallest absolute Gasteiger partial charge is 0.0410 e. The third kappa shape index (κ3) is 5.94. The van der Waals surface area contributed by atoms with Gasteiger partial charge in [-0.3, -0.25) is 0 Å². The van der Waals surface area contributed by atoms with E-state index in [9.17, 15) is 0 Å². The first-order chi connectivity index (χ1) is 8.27. The summed E-state index contributed by atoms with van der Waals surface area (Å²) in [5.41, 5.74) is 1.36. The van der Waals surface area contributed by atoms with Crippen molar-refractivity contribution in [2.75, 3.05) is 11.5 Å². The van der Waals surface area contributed by atoms with Crippen LogP contribution in [0.4, 0.5) is 0 Å². The van der Waals surface area contributed by atoms with E-state index in [2.05, 4.69) is 56.8 Å². The Kier molecular flexibility index (Phi) is 7.99. The highest BCUT2D eigenvalue weighted by Crippen LogP contribution is 2.36. The van der Waals surface area contributed by atoms with Crippen LogP contribution in [0.5, 0.6) is 0 Å². The SMILES string of the molecule is CC/C=C(\SCCCS)Sc1ccccc1C. The van der Waals surface area contributed by atoms with Crippen LogP contribution < -0.4 is 0 Å². The molecule has 94 valence electrons. The molecule has 0 spiro atoms. The molecule has 0 bridgehead atoms. The summed E-state index contributed by atoms with van der Waals surface area (Å²) in [7, 11) is 0. The minimum Gasteiger partial charge on any atom is -0.179 e. The molecular weight excluding hydrogens is 264 g/mol. The van der Waals surface area contributed by atoms with Gasteiger partial charge in [0.05, 0.1) is 0 Å². The van der Waals surface area contributed by atoms with Crippen molar-refractivity contribution in [1.29, 1.82) is 0 Å². The predicted octanol–water partition coefficient (Wildman–Crippen LogP) is 5.39. The Morgan fingerprint density at radius 1 is 1.35 bits per heavy atom. The van der Waals surface area contributed by atoms with E-state index >= 15 is 0 Å². The van der Waals surface area contributed by atoms with Crippen LogP contribution in [-0.2, 0) is 0 Å². The van der Waals surface area contributed by atoms with E-state index in [-0.39, 0.29) is 0 Å². The summed E-state index contributed by atoms with van der Waals surface area (Å²) in [6.07, 6.45) is 4.59. The van der Waals surface area contributed by atoms with Gasteiger partial charge in [-0.15, -0.1) is 11.8 Å². The molecule has 1 rings (SSSR count). The molecule has 0 radical (unpaired) electrons. The number of thiol groups is 1. The van der Waals surface area contributed by atoms with Crippen LogP contribution in [0.2, 0.25) is 0 Å². The maximum absolute atomic E-state index is 4.25. The van der Waals surface area contributed by atoms with E-state index < -0.39 is 0 Å². The number of benzene rings is 1. The zero-order chi connectivity index (χ0) is 12.5. The topological polar surface area (TPSA) is 0 Å². The number of hydrogen-bond donors (Lipinski definition) is 1. The van der Waals surface area contributed by atoms with Gasteiger partial charge >= 0.3 is 0 Å². The lowest BCUT2D eigenvalue weighted by Crippen LogP contribution is -1.83. The van der Waals surface area contributed by atoms with Gasteiger partial charge in [0.1, 0.15) is 0 Å². The third-order valence-corrected chi connectivity index (χ3v) is 5.13. The molecule has 0 saturated carbocycles. The molecule has 0 aromatic heterocycles. The Hall–Kier alpha value is 0.01000. The molecule has 0 fully saturated rings. The molecule has 0 aliphatic heterocycles. The van der Waals surface area contributed by atoms with Gasteiger partial charge in [0, 0.05) is 9.13 Å². The molecule has 3 heteroatoms. The van der Waals surface area contributed by atoms with Crippen molar-refractivity contribution in [3.8, 4) is 0 Å². The normalized spacial score (nSPS) is 11.8. The van der Waals surface area contributed by atoms with Gasteiger partial charge in [-0.1, -0.05) is 43.0 Å². The maximum atomic E-state index is 4.25. The van der Waals surface area contributed by atoms with Gasteiger partial charge in [0.15, 0.2) is 0 Å². The molecule has 1 aromatic rings. The highest BCUT2D eigenvalue weighted by molar-refractivity contribution is 8.22. The lowest BCUT2D eigenvalue weighted by atomic mass is 10.2. The van der Waals surface area contributed by atoms with Crippen molar-refractivity contribution >= 4 is 36.2 Å². The summed E-state index contributed by atoms with van der Waals surface area (Å²) in [5, 5.41) is 0. The summed E-state index contributed by atoms with van der Waals surface area (Å²) in [4.78, 5) is 1.37. The molecule has 0 N–H and O–H groups in total. The highest BCUT2D eigenvalue weighted by atomic mass is 32.2. The summed E-state index contributed by atoms with van der Waals surface area (Å²) in [5.74, 6) is 2.13. The second-order valence-electron chi connectivity index (χ2n) is 3.72. The van der Waals surface area contributed by atoms with Gasteiger partial charge in [0.2, 0.25) is 0 Å². The van der Waals surface area contributed by atoms with Gasteiger partial charge in [0.25, 0.3) is 0 Å². The molecule has 0 saturated heterocycles. The van der Waals surface area contributed by atoms with Crippen LogP contribution in [0.3, 0.4) is 0 Å². The van der Waals surface area contributed by atoms with Crippen molar-refractivity contribution < 1.29 is 0 Å². The van der Waals surface area contributed by atoms with Gasteiger partial charge in [-0.05, 0) is 42.9 Å². The Labute approximate surface area is 119 Å². The maximum Gasteiger partial charge on any atom is 0.0410 e. The molecular formula is C14H20S3. The van der Waals surface area contributed by atoms with Crippen molar-refractivity contribution in [3.05, 3.63) is 40.1 Å². The first-order valence-electron chi connectivity index (χ1n) is 5.95. The molecule has 0 aliphatic carbocycles. The summed E-state index contributed by atoms with van der Waals surface area (Å²) < 4.78 is 1.42. The van der Waals surface area contributed by atoms with Gasteiger partial charge in [-0.2, -0.15) is 12.6 Å². The number of allylic oxidation sites excluding steroid dienone is 1. The third-order valence-electron chi connectivity index (χ3n) is 2.22. The van der Waals surface area contributed by atoms with E-state index in [1.54, 1.807) is 0 Å². The summed E-state index contributed by atoms with van der Waals surface area (Å²) >= 11 is 8.09. The molecule has 0 atom stereocenters. The quantitative estimate of drug-likeness (QED) is 0.405. The second-order valence-corrected chi connectivity index (χ2v) is 6.65. The Bertz CT molecular complexity index is 358. The van der Waals surface area contributed by atoms with Crippen molar-refractivity contribution in [2.45, 2.75) is 31.6 Å². The van der Waals surface area contributed by atoms with E-state index in [0.29, 0.717) is 0 Å².